The molecule has 0 aliphatic heterocycles. The predicted molar refractivity (Wildman–Crippen MR) is 124 cm³/mol. The van der Waals surface area contributed by atoms with Crippen molar-refractivity contribution in [2.24, 2.45) is 0 Å². The number of rotatable bonds is 4. The monoisotopic (exact) mass is 475 g/mol. The molecule has 0 saturated carbocycles. The number of hydrogen-bond donors (Lipinski definition) is 2. The highest BCUT2D eigenvalue weighted by molar-refractivity contribution is 6.05. The number of hydrogen-bond acceptors (Lipinski definition) is 6. The molecule has 5 aromatic rings. The van der Waals surface area contributed by atoms with Crippen molar-refractivity contribution in [1.29, 1.82) is 0 Å². The van der Waals surface area contributed by atoms with Gasteiger partial charge in [-0.25, -0.2) is 19.9 Å². The number of nitrogens with two attached hydrogens (primary N) is 1. The first-order valence-corrected chi connectivity index (χ1v) is 10.3. The molecular formula is C24H16F3N7O. The van der Waals surface area contributed by atoms with Gasteiger partial charge in [-0.05, 0) is 36.4 Å². The highest BCUT2D eigenvalue weighted by Gasteiger charge is 2.30. The van der Waals surface area contributed by atoms with Crippen LogP contribution in [-0.4, -0.2) is 30.4 Å². The van der Waals surface area contributed by atoms with Gasteiger partial charge in [0.1, 0.15) is 12.0 Å². The van der Waals surface area contributed by atoms with Crippen LogP contribution in [0.1, 0.15) is 15.9 Å². The van der Waals surface area contributed by atoms with E-state index >= 15 is 0 Å². The number of halogens is 3. The minimum atomic E-state index is -4.54. The van der Waals surface area contributed by atoms with Crippen molar-refractivity contribution in [2.75, 3.05) is 11.1 Å². The molecule has 0 saturated heterocycles. The van der Waals surface area contributed by atoms with E-state index in [0.29, 0.717) is 28.3 Å². The van der Waals surface area contributed by atoms with Crippen LogP contribution in [0.15, 0.2) is 79.5 Å². The maximum absolute atomic E-state index is 13.0. The number of carbonyl (C=O) groups is 1. The number of nitrogens with zero attached hydrogens (tertiary/aromatic N) is 5. The van der Waals surface area contributed by atoms with Crippen LogP contribution in [0.4, 0.5) is 24.8 Å². The summed E-state index contributed by atoms with van der Waals surface area (Å²) in [4.78, 5) is 29.4. The van der Waals surface area contributed by atoms with Gasteiger partial charge in [0, 0.05) is 28.4 Å². The Hall–Kier alpha value is -4.80. The molecule has 2 aromatic carbocycles. The average Bonchev–Trinajstić information content (AvgIpc) is 3.28. The van der Waals surface area contributed by atoms with Crippen LogP contribution in [-0.2, 0) is 6.18 Å². The first-order valence-electron chi connectivity index (χ1n) is 10.3. The van der Waals surface area contributed by atoms with Crippen molar-refractivity contribution in [1.82, 2.24) is 24.5 Å². The fourth-order valence-electron chi connectivity index (χ4n) is 3.63. The van der Waals surface area contributed by atoms with Gasteiger partial charge in [-0.2, -0.15) is 13.2 Å². The maximum Gasteiger partial charge on any atom is 0.416 e. The minimum Gasteiger partial charge on any atom is -0.368 e. The topological polar surface area (TPSA) is 112 Å². The highest BCUT2D eigenvalue weighted by Crippen LogP contribution is 2.31. The summed E-state index contributed by atoms with van der Waals surface area (Å²) in [5, 5.41) is 3.39. The number of nitrogen functional groups attached to an aromatic ring is 1. The van der Waals surface area contributed by atoms with Crippen molar-refractivity contribution in [3.8, 4) is 16.9 Å². The molecule has 3 aromatic heterocycles. The highest BCUT2D eigenvalue weighted by atomic mass is 19.4. The fourth-order valence-corrected chi connectivity index (χ4v) is 3.63. The normalized spacial score (nSPS) is 11.5. The van der Waals surface area contributed by atoms with Crippen molar-refractivity contribution in [3.63, 3.8) is 0 Å². The van der Waals surface area contributed by atoms with Crippen LogP contribution in [0.5, 0.6) is 0 Å². The van der Waals surface area contributed by atoms with E-state index in [1.165, 1.54) is 18.5 Å². The molecule has 0 aliphatic rings. The summed E-state index contributed by atoms with van der Waals surface area (Å²) in [7, 11) is 0. The van der Waals surface area contributed by atoms with Crippen molar-refractivity contribution < 1.29 is 18.0 Å². The smallest absolute Gasteiger partial charge is 0.368 e. The lowest BCUT2D eigenvalue weighted by Gasteiger charge is -2.10. The first kappa shape index (κ1) is 22.0. The number of carbonyl (C=O) groups excluding carboxylic acids is 1. The van der Waals surface area contributed by atoms with Gasteiger partial charge in [-0.15, -0.1) is 0 Å². The Kier molecular flexibility index (Phi) is 5.36. The van der Waals surface area contributed by atoms with Crippen LogP contribution in [0.25, 0.3) is 28.0 Å². The lowest BCUT2D eigenvalue weighted by molar-refractivity contribution is -0.137. The zero-order chi connectivity index (χ0) is 24.6. The third-order valence-electron chi connectivity index (χ3n) is 5.26. The molecule has 0 radical (unpaired) electrons. The molecule has 11 heteroatoms. The third-order valence-corrected chi connectivity index (χ3v) is 5.26. The number of aromatic nitrogens is 5. The van der Waals surface area contributed by atoms with E-state index < -0.39 is 17.6 Å². The van der Waals surface area contributed by atoms with Gasteiger partial charge in [0.25, 0.3) is 5.91 Å². The second-order valence-electron chi connectivity index (χ2n) is 7.56. The van der Waals surface area contributed by atoms with Gasteiger partial charge in [0.15, 0.2) is 0 Å². The molecule has 1 amide bonds. The Morgan fingerprint density at radius 1 is 0.943 bits per heavy atom. The third kappa shape index (κ3) is 4.38. The van der Waals surface area contributed by atoms with Gasteiger partial charge in [-0.3, -0.25) is 9.36 Å². The molecular weight excluding hydrogens is 459 g/mol. The number of amides is 1. The summed E-state index contributed by atoms with van der Waals surface area (Å²) >= 11 is 0. The lowest BCUT2D eigenvalue weighted by Crippen LogP contribution is -2.14. The fraction of sp³-hybridized carbons (Fsp3) is 0.0417. The standard InChI is InChI=1S/C24H16F3N7O/c25-24(26,27)16-5-1-4-15(9-16)22(35)33-17-6-2-3-14(10-17)20-19-7-8-34(21(19)32-13-31-20)18-11-29-23(28)30-12-18/h1-13H,(H,33,35)(H2,28,29,30). The number of fused-ring (bicyclic) bond motifs is 1. The molecule has 0 aliphatic carbocycles. The van der Waals surface area contributed by atoms with E-state index in [4.69, 9.17) is 5.73 Å². The Morgan fingerprint density at radius 3 is 2.49 bits per heavy atom. The zero-order valence-electron chi connectivity index (χ0n) is 17.9. The molecule has 0 spiro atoms. The molecule has 8 nitrogen and oxygen atoms in total. The van der Waals surface area contributed by atoms with Crippen LogP contribution >= 0.6 is 0 Å². The Bertz CT molecular complexity index is 1550. The minimum absolute atomic E-state index is 0.0996. The molecule has 0 atom stereocenters. The molecule has 0 bridgehead atoms. The molecule has 0 fully saturated rings. The van der Waals surface area contributed by atoms with E-state index in [9.17, 15) is 18.0 Å². The molecule has 3 heterocycles. The van der Waals surface area contributed by atoms with Crippen molar-refractivity contribution >= 4 is 28.6 Å². The molecule has 3 N–H and O–H groups in total. The quantitative estimate of drug-likeness (QED) is 0.389. The molecule has 5 rings (SSSR count). The van der Waals surface area contributed by atoms with Crippen molar-refractivity contribution in [3.05, 3.63) is 90.6 Å². The van der Waals surface area contributed by atoms with Gasteiger partial charge < -0.3 is 11.1 Å². The first-order chi connectivity index (χ1) is 16.8. The van der Waals surface area contributed by atoms with Crippen LogP contribution in [0.2, 0.25) is 0 Å². The Labute approximate surface area is 196 Å². The number of nitrogens with one attached hydrogen (secondary N) is 1. The average molecular weight is 475 g/mol. The summed E-state index contributed by atoms with van der Waals surface area (Å²) in [6.45, 7) is 0. The van der Waals surface area contributed by atoms with E-state index in [1.54, 1.807) is 41.4 Å². The summed E-state index contributed by atoms with van der Waals surface area (Å²) in [6, 6.07) is 13.0. The SMILES string of the molecule is Nc1ncc(-n2ccc3c(-c4cccc(NC(=O)c5cccc(C(F)(F)F)c5)c4)ncnc32)cn1. The molecule has 0 unspecified atom stereocenters. The van der Waals surface area contributed by atoms with Gasteiger partial charge in [0.2, 0.25) is 5.95 Å². The number of benzene rings is 2. The molecule has 174 valence electrons. The van der Waals surface area contributed by atoms with Gasteiger partial charge in [-0.1, -0.05) is 18.2 Å². The largest absolute Gasteiger partial charge is 0.416 e. The summed E-state index contributed by atoms with van der Waals surface area (Å²) in [5.41, 5.74) is 7.56. The second-order valence-corrected chi connectivity index (χ2v) is 7.56. The zero-order valence-corrected chi connectivity index (χ0v) is 17.9. The Morgan fingerprint density at radius 2 is 1.71 bits per heavy atom. The second kappa shape index (κ2) is 8.52. The number of alkyl halides is 3. The van der Waals surface area contributed by atoms with Crippen LogP contribution < -0.4 is 11.1 Å². The summed E-state index contributed by atoms with van der Waals surface area (Å²) in [5.74, 6) is -0.500. The number of anilines is 2. The van der Waals surface area contributed by atoms with Crippen LogP contribution in [0, 0.1) is 0 Å². The van der Waals surface area contributed by atoms with E-state index in [0.717, 1.165) is 17.5 Å². The maximum atomic E-state index is 13.0. The summed E-state index contributed by atoms with van der Waals surface area (Å²) in [6.07, 6.45) is 1.83. The predicted octanol–water partition coefficient (Wildman–Crippen LogP) is 4.73. The molecule has 35 heavy (non-hydrogen) atoms. The Balaban J connectivity index is 1.46. The van der Waals surface area contributed by atoms with E-state index in [2.05, 4.69) is 25.3 Å². The van der Waals surface area contributed by atoms with E-state index in [1.807, 2.05) is 12.1 Å². The van der Waals surface area contributed by atoms with Gasteiger partial charge >= 0.3 is 6.18 Å². The van der Waals surface area contributed by atoms with Crippen molar-refractivity contribution in [2.45, 2.75) is 6.18 Å². The summed E-state index contributed by atoms with van der Waals surface area (Å²) < 4.78 is 40.8. The van der Waals surface area contributed by atoms with Gasteiger partial charge in [0.05, 0.1) is 29.3 Å². The lowest BCUT2D eigenvalue weighted by atomic mass is 10.1. The van der Waals surface area contributed by atoms with E-state index in [-0.39, 0.29) is 11.5 Å². The van der Waals surface area contributed by atoms with Crippen LogP contribution in [0.3, 0.4) is 0 Å².